The predicted molar refractivity (Wildman–Crippen MR) is 86.4 cm³/mol. The van der Waals surface area contributed by atoms with E-state index in [1.165, 1.54) is 19.3 Å². The molecule has 0 radical (unpaired) electrons. The first-order valence-electron chi connectivity index (χ1n) is 8.40. The van der Waals surface area contributed by atoms with Crippen molar-refractivity contribution in [2.24, 2.45) is 5.41 Å². The Kier molecular flexibility index (Phi) is 4.59. The summed E-state index contributed by atoms with van der Waals surface area (Å²) in [4.78, 5) is 33.6. The Balaban J connectivity index is 1.67. The molecule has 0 amide bonds. The number of nitrogens with one attached hydrogen (secondary N) is 2. The van der Waals surface area contributed by atoms with Gasteiger partial charge in [0.25, 0.3) is 0 Å². The van der Waals surface area contributed by atoms with Gasteiger partial charge in [-0.2, -0.15) is 0 Å². The second-order valence-electron chi connectivity index (χ2n) is 6.92. The first-order valence-corrected chi connectivity index (χ1v) is 8.40. The number of aromatic nitrogens is 2. The van der Waals surface area contributed by atoms with Crippen molar-refractivity contribution in [1.29, 1.82) is 0 Å². The lowest BCUT2D eigenvalue weighted by atomic mass is 9.78. The molecule has 2 aliphatic rings. The zero-order valence-electron chi connectivity index (χ0n) is 14.0. The van der Waals surface area contributed by atoms with E-state index in [0.29, 0.717) is 24.3 Å². The highest BCUT2D eigenvalue weighted by Gasteiger charge is 2.40. The second kappa shape index (κ2) is 6.49. The molecule has 2 fully saturated rings. The van der Waals surface area contributed by atoms with Gasteiger partial charge in [0, 0.05) is 13.1 Å². The number of H-pyrrole nitrogens is 2. The van der Waals surface area contributed by atoms with E-state index >= 15 is 0 Å². The largest absolute Gasteiger partial charge is 0.461 e. The maximum Gasteiger partial charge on any atom is 0.356 e. The van der Waals surface area contributed by atoms with Crippen LogP contribution >= 0.6 is 0 Å². The summed E-state index contributed by atoms with van der Waals surface area (Å²) < 4.78 is 5.01. The summed E-state index contributed by atoms with van der Waals surface area (Å²) >= 11 is 0. The number of likely N-dealkylation sites (tertiary alicyclic amines) is 2. The molecule has 0 atom stereocenters. The number of esters is 1. The van der Waals surface area contributed by atoms with Crippen molar-refractivity contribution >= 4 is 5.97 Å². The molecule has 1 aromatic rings. The number of hydrogen-bond acceptors (Lipinski definition) is 5. The third-order valence-corrected chi connectivity index (χ3v) is 5.23. The maximum absolute atomic E-state index is 11.9. The van der Waals surface area contributed by atoms with E-state index in [2.05, 4.69) is 26.8 Å². The van der Waals surface area contributed by atoms with E-state index in [0.717, 1.165) is 26.2 Å². The predicted octanol–water partition coefficient (Wildman–Crippen LogP) is 0.797. The van der Waals surface area contributed by atoms with Crippen LogP contribution in [0.2, 0.25) is 0 Å². The van der Waals surface area contributed by atoms with Crippen LogP contribution in [0, 0.1) is 5.41 Å². The number of carbonyl (C=O) groups excluding carboxylic acids is 1. The van der Waals surface area contributed by atoms with Crippen LogP contribution in [0.4, 0.5) is 0 Å². The average molecular weight is 322 g/mol. The molecule has 2 saturated heterocycles. The van der Waals surface area contributed by atoms with Crippen LogP contribution in [0.1, 0.15) is 42.4 Å². The van der Waals surface area contributed by atoms with Gasteiger partial charge in [-0.15, -0.1) is 0 Å². The molecule has 2 N–H and O–H groups in total. The van der Waals surface area contributed by atoms with Gasteiger partial charge in [0.05, 0.1) is 12.3 Å². The van der Waals surface area contributed by atoms with Gasteiger partial charge >= 0.3 is 11.7 Å². The van der Waals surface area contributed by atoms with Crippen LogP contribution in [0.15, 0.2) is 4.79 Å². The van der Waals surface area contributed by atoms with Crippen molar-refractivity contribution in [1.82, 2.24) is 19.8 Å². The van der Waals surface area contributed by atoms with Crippen molar-refractivity contribution in [2.75, 3.05) is 39.8 Å². The fourth-order valence-corrected chi connectivity index (χ4v) is 3.80. The van der Waals surface area contributed by atoms with Gasteiger partial charge in [-0.25, -0.2) is 9.59 Å². The molecule has 7 heteroatoms. The highest BCUT2D eigenvalue weighted by atomic mass is 16.5. The highest BCUT2D eigenvalue weighted by Crippen LogP contribution is 2.40. The van der Waals surface area contributed by atoms with Crippen LogP contribution in [-0.2, 0) is 11.3 Å². The zero-order chi connectivity index (χ0) is 16.4. The molecular formula is C16H26N4O3. The van der Waals surface area contributed by atoms with Gasteiger partial charge in [0.15, 0.2) is 0 Å². The molecular weight excluding hydrogens is 296 g/mol. The van der Waals surface area contributed by atoms with Crippen LogP contribution in [0.25, 0.3) is 0 Å². The second-order valence-corrected chi connectivity index (χ2v) is 6.92. The Labute approximate surface area is 136 Å². The third-order valence-electron chi connectivity index (χ3n) is 5.23. The van der Waals surface area contributed by atoms with E-state index < -0.39 is 5.97 Å². The molecule has 7 nitrogen and oxygen atoms in total. The first-order chi connectivity index (χ1) is 11.0. The zero-order valence-corrected chi connectivity index (χ0v) is 14.0. The van der Waals surface area contributed by atoms with Crippen LogP contribution in [-0.4, -0.2) is 65.6 Å². The van der Waals surface area contributed by atoms with Crippen molar-refractivity contribution in [3.8, 4) is 0 Å². The minimum Gasteiger partial charge on any atom is -0.461 e. The van der Waals surface area contributed by atoms with Crippen molar-refractivity contribution in [3.63, 3.8) is 0 Å². The quantitative estimate of drug-likeness (QED) is 0.801. The van der Waals surface area contributed by atoms with Gasteiger partial charge in [0.1, 0.15) is 5.69 Å². The summed E-state index contributed by atoms with van der Waals surface area (Å²) in [5, 5.41) is 0. The number of aromatic amines is 2. The number of rotatable bonds is 4. The Bertz CT molecular complexity index is 613. The third kappa shape index (κ3) is 3.50. The molecule has 0 unspecified atom stereocenters. The molecule has 23 heavy (non-hydrogen) atoms. The Morgan fingerprint density at radius 2 is 1.91 bits per heavy atom. The molecule has 1 spiro atoms. The summed E-state index contributed by atoms with van der Waals surface area (Å²) in [5.74, 6) is -0.464. The van der Waals surface area contributed by atoms with E-state index in [1.807, 2.05) is 0 Å². The molecule has 0 saturated carbocycles. The highest BCUT2D eigenvalue weighted by molar-refractivity contribution is 5.88. The maximum atomic E-state index is 11.9. The normalized spacial score (nSPS) is 21.8. The molecule has 1 aromatic heterocycles. The summed E-state index contributed by atoms with van der Waals surface area (Å²) in [6.07, 6.45) is 3.66. The molecule has 0 aromatic carbocycles. The molecule has 0 aliphatic carbocycles. The standard InChI is InChI=1S/C16H26N4O3/c1-3-23-14(21)13-12(17-15(22)18-13)10-20-9-6-16(11-20)4-7-19(2)8-5-16/h3-11H2,1-2H3,(H2,17,18,22). The van der Waals surface area contributed by atoms with E-state index in [1.54, 1.807) is 6.92 Å². The summed E-state index contributed by atoms with van der Waals surface area (Å²) in [6.45, 7) is 7.00. The monoisotopic (exact) mass is 322 g/mol. The Morgan fingerprint density at radius 1 is 1.22 bits per heavy atom. The van der Waals surface area contributed by atoms with Gasteiger partial charge in [-0.3, -0.25) is 9.88 Å². The van der Waals surface area contributed by atoms with E-state index in [9.17, 15) is 9.59 Å². The molecule has 3 rings (SSSR count). The van der Waals surface area contributed by atoms with Crippen molar-refractivity contribution in [3.05, 3.63) is 21.9 Å². The molecule has 128 valence electrons. The number of imidazole rings is 1. The lowest BCUT2D eigenvalue weighted by Gasteiger charge is -2.37. The molecule has 2 aliphatic heterocycles. The first kappa shape index (κ1) is 16.3. The fourth-order valence-electron chi connectivity index (χ4n) is 3.80. The number of carbonyl (C=O) groups is 1. The minimum atomic E-state index is -0.464. The Morgan fingerprint density at radius 3 is 2.61 bits per heavy atom. The number of hydrogen-bond donors (Lipinski definition) is 2. The van der Waals surface area contributed by atoms with Crippen LogP contribution < -0.4 is 5.69 Å². The Hall–Kier alpha value is -1.60. The average Bonchev–Trinajstić information content (AvgIpc) is 3.07. The summed E-state index contributed by atoms with van der Waals surface area (Å²) in [5.41, 5.74) is 0.962. The van der Waals surface area contributed by atoms with Gasteiger partial charge in [0.2, 0.25) is 0 Å². The number of ether oxygens (including phenoxy) is 1. The van der Waals surface area contributed by atoms with E-state index in [-0.39, 0.29) is 11.4 Å². The topological polar surface area (TPSA) is 81.4 Å². The smallest absolute Gasteiger partial charge is 0.356 e. The lowest BCUT2D eigenvalue weighted by Crippen LogP contribution is -2.39. The van der Waals surface area contributed by atoms with Gasteiger partial charge < -0.3 is 14.6 Å². The lowest BCUT2D eigenvalue weighted by molar-refractivity contribution is 0.0517. The minimum absolute atomic E-state index is 0.265. The van der Waals surface area contributed by atoms with Gasteiger partial charge in [-0.05, 0) is 58.3 Å². The van der Waals surface area contributed by atoms with E-state index in [4.69, 9.17) is 4.74 Å². The summed E-state index contributed by atoms with van der Waals surface area (Å²) in [7, 11) is 2.18. The SMILES string of the molecule is CCOC(=O)c1[nH]c(=O)[nH]c1CN1CCC2(CCN(C)CC2)C1. The molecule has 0 bridgehead atoms. The van der Waals surface area contributed by atoms with Crippen molar-refractivity contribution in [2.45, 2.75) is 32.7 Å². The summed E-state index contributed by atoms with van der Waals surface area (Å²) in [6, 6.07) is 0. The van der Waals surface area contributed by atoms with Crippen LogP contribution in [0.5, 0.6) is 0 Å². The van der Waals surface area contributed by atoms with Crippen LogP contribution in [0.3, 0.4) is 0 Å². The number of nitrogens with zero attached hydrogens (tertiary/aromatic N) is 2. The fraction of sp³-hybridized carbons (Fsp3) is 0.750. The number of piperidine rings is 1. The van der Waals surface area contributed by atoms with Crippen molar-refractivity contribution < 1.29 is 9.53 Å². The molecule has 3 heterocycles. The van der Waals surface area contributed by atoms with Gasteiger partial charge in [-0.1, -0.05) is 0 Å².